The molecule has 0 aliphatic heterocycles. The van der Waals surface area contributed by atoms with Crippen LogP contribution in [-0.2, 0) is 11.3 Å². The van der Waals surface area contributed by atoms with Crippen LogP contribution in [0.3, 0.4) is 0 Å². The second kappa shape index (κ2) is 9.39. The Morgan fingerprint density at radius 1 is 1.28 bits per heavy atom. The Kier molecular flexibility index (Phi) is 7.22. The van der Waals surface area contributed by atoms with Crippen LogP contribution in [0.15, 0.2) is 49.1 Å². The summed E-state index contributed by atoms with van der Waals surface area (Å²) < 4.78 is 0.700. The topological polar surface area (TPSA) is 49.4 Å². The highest BCUT2D eigenvalue weighted by Crippen LogP contribution is 2.22. The normalized spacial score (nSPS) is 10.3. The van der Waals surface area contributed by atoms with E-state index in [4.69, 9.17) is 11.6 Å². The van der Waals surface area contributed by atoms with Crippen molar-refractivity contribution in [3.8, 4) is 0 Å². The lowest BCUT2D eigenvalue weighted by atomic mass is 10.1. The van der Waals surface area contributed by atoms with E-state index in [0.29, 0.717) is 29.5 Å². The van der Waals surface area contributed by atoms with Crippen molar-refractivity contribution < 1.29 is 9.59 Å². The van der Waals surface area contributed by atoms with Gasteiger partial charge in [-0.05, 0) is 30.7 Å². The highest BCUT2D eigenvalue weighted by atomic mass is 35.5. The fraction of sp³-hybridized carbons (Fsp3) is 0.263. The van der Waals surface area contributed by atoms with Crippen LogP contribution in [0, 0.1) is 6.92 Å². The van der Waals surface area contributed by atoms with E-state index in [9.17, 15) is 9.59 Å². The van der Waals surface area contributed by atoms with Crippen LogP contribution in [0.2, 0.25) is 4.34 Å². The van der Waals surface area contributed by atoms with Gasteiger partial charge in [0.15, 0.2) is 0 Å². The minimum atomic E-state index is -0.161. The van der Waals surface area contributed by atoms with E-state index in [0.717, 1.165) is 10.4 Å². The van der Waals surface area contributed by atoms with Gasteiger partial charge in [0.25, 0.3) is 5.91 Å². The van der Waals surface area contributed by atoms with Crippen molar-refractivity contribution in [2.45, 2.75) is 19.9 Å². The lowest BCUT2D eigenvalue weighted by Crippen LogP contribution is -2.34. The van der Waals surface area contributed by atoms with Gasteiger partial charge in [0, 0.05) is 30.0 Å². The average Bonchev–Trinajstić information content (AvgIpc) is 2.99. The predicted molar refractivity (Wildman–Crippen MR) is 103 cm³/mol. The Morgan fingerprint density at radius 3 is 2.68 bits per heavy atom. The lowest BCUT2D eigenvalue weighted by molar-refractivity contribution is -0.131. The molecule has 0 aliphatic carbocycles. The molecule has 1 aromatic carbocycles. The van der Waals surface area contributed by atoms with Crippen molar-refractivity contribution in [2.24, 2.45) is 0 Å². The predicted octanol–water partition coefficient (Wildman–Crippen LogP) is 4.04. The molecule has 0 saturated heterocycles. The Balaban J connectivity index is 1.87. The highest BCUT2D eigenvalue weighted by molar-refractivity contribution is 7.16. The number of thiophene rings is 1. The molecule has 0 radical (unpaired) electrons. The Morgan fingerprint density at radius 2 is 2.04 bits per heavy atom. The van der Waals surface area contributed by atoms with Crippen molar-refractivity contribution in [3.63, 3.8) is 0 Å². The third kappa shape index (κ3) is 5.73. The molecule has 0 aliphatic rings. The monoisotopic (exact) mass is 376 g/mol. The molecular formula is C19H21ClN2O2S. The molecule has 0 spiro atoms. The zero-order valence-electron chi connectivity index (χ0n) is 14.1. The molecule has 6 heteroatoms. The smallest absolute Gasteiger partial charge is 0.251 e. The van der Waals surface area contributed by atoms with Crippen LogP contribution in [0.4, 0.5) is 0 Å². The van der Waals surface area contributed by atoms with E-state index >= 15 is 0 Å². The number of rotatable bonds is 8. The SMILES string of the molecule is C=CCN(Cc1ccc(Cl)s1)C(=O)CCNC(=O)c1ccccc1C. The lowest BCUT2D eigenvalue weighted by Gasteiger charge is -2.20. The van der Waals surface area contributed by atoms with Crippen molar-refractivity contribution in [3.05, 3.63) is 69.4 Å². The number of halogens is 1. The number of hydrogen-bond acceptors (Lipinski definition) is 3. The van der Waals surface area contributed by atoms with Crippen LogP contribution in [-0.4, -0.2) is 29.8 Å². The van der Waals surface area contributed by atoms with Gasteiger partial charge in [-0.1, -0.05) is 35.9 Å². The molecule has 0 atom stereocenters. The van der Waals surface area contributed by atoms with Crippen LogP contribution in [0.1, 0.15) is 27.2 Å². The number of hydrogen-bond donors (Lipinski definition) is 1. The molecule has 4 nitrogen and oxygen atoms in total. The summed E-state index contributed by atoms with van der Waals surface area (Å²) in [6, 6.07) is 11.1. The molecule has 0 fully saturated rings. The van der Waals surface area contributed by atoms with Gasteiger partial charge in [-0.25, -0.2) is 0 Å². The highest BCUT2D eigenvalue weighted by Gasteiger charge is 2.15. The zero-order valence-corrected chi connectivity index (χ0v) is 15.7. The second-order valence-electron chi connectivity index (χ2n) is 5.59. The van der Waals surface area contributed by atoms with Gasteiger partial charge in [-0.3, -0.25) is 9.59 Å². The Labute approximate surface area is 157 Å². The summed E-state index contributed by atoms with van der Waals surface area (Å²) in [6.45, 7) is 6.84. The first-order chi connectivity index (χ1) is 12.0. The fourth-order valence-electron chi connectivity index (χ4n) is 2.40. The minimum Gasteiger partial charge on any atom is -0.352 e. The van der Waals surface area contributed by atoms with Crippen LogP contribution < -0.4 is 5.32 Å². The van der Waals surface area contributed by atoms with Gasteiger partial charge in [0.05, 0.1) is 10.9 Å². The van der Waals surface area contributed by atoms with Gasteiger partial charge >= 0.3 is 0 Å². The summed E-state index contributed by atoms with van der Waals surface area (Å²) in [6.07, 6.45) is 1.93. The van der Waals surface area contributed by atoms with Crippen molar-refractivity contribution in [1.82, 2.24) is 10.2 Å². The maximum absolute atomic E-state index is 12.4. The van der Waals surface area contributed by atoms with E-state index in [1.807, 2.05) is 37.3 Å². The van der Waals surface area contributed by atoms with Gasteiger partial charge in [-0.2, -0.15) is 0 Å². The standard InChI is InChI=1S/C19H21ClN2O2S/c1-3-12-22(13-15-8-9-17(20)25-15)18(23)10-11-21-19(24)16-7-5-4-6-14(16)2/h3-9H,1,10-13H2,2H3,(H,21,24). The first kappa shape index (κ1) is 19.2. The van der Waals surface area contributed by atoms with Crippen LogP contribution >= 0.6 is 22.9 Å². The van der Waals surface area contributed by atoms with Crippen molar-refractivity contribution >= 4 is 34.8 Å². The molecule has 0 bridgehead atoms. The molecule has 132 valence electrons. The molecular weight excluding hydrogens is 356 g/mol. The average molecular weight is 377 g/mol. The molecule has 1 aromatic heterocycles. The second-order valence-corrected chi connectivity index (χ2v) is 7.39. The molecule has 0 unspecified atom stereocenters. The maximum Gasteiger partial charge on any atom is 0.251 e. The summed E-state index contributed by atoms with van der Waals surface area (Å²) in [4.78, 5) is 27.3. The first-order valence-electron chi connectivity index (χ1n) is 7.98. The number of amides is 2. The van der Waals surface area contributed by atoms with Gasteiger partial charge in [-0.15, -0.1) is 17.9 Å². The van der Waals surface area contributed by atoms with E-state index in [1.54, 1.807) is 17.0 Å². The first-order valence-corrected chi connectivity index (χ1v) is 9.17. The summed E-state index contributed by atoms with van der Waals surface area (Å²) in [5, 5.41) is 2.80. The maximum atomic E-state index is 12.4. The fourth-order valence-corrected chi connectivity index (χ4v) is 3.50. The zero-order chi connectivity index (χ0) is 18.2. The van der Waals surface area contributed by atoms with Gasteiger partial charge in [0.2, 0.25) is 5.91 Å². The van der Waals surface area contributed by atoms with Crippen LogP contribution in [0.5, 0.6) is 0 Å². The summed E-state index contributed by atoms with van der Waals surface area (Å²) >= 11 is 7.39. The molecule has 2 rings (SSSR count). The van der Waals surface area contributed by atoms with Crippen molar-refractivity contribution in [1.29, 1.82) is 0 Å². The van der Waals surface area contributed by atoms with Gasteiger partial charge < -0.3 is 10.2 Å². The van der Waals surface area contributed by atoms with E-state index in [-0.39, 0.29) is 18.2 Å². The summed E-state index contributed by atoms with van der Waals surface area (Å²) in [5.74, 6) is -0.194. The molecule has 2 aromatic rings. The third-order valence-corrected chi connectivity index (χ3v) is 4.91. The number of nitrogens with zero attached hydrogens (tertiary/aromatic N) is 1. The number of benzene rings is 1. The molecule has 1 N–H and O–H groups in total. The number of aryl methyl sites for hydroxylation is 1. The summed E-state index contributed by atoms with van der Waals surface area (Å²) in [7, 11) is 0. The largest absolute Gasteiger partial charge is 0.352 e. The molecule has 1 heterocycles. The molecule has 2 amide bonds. The minimum absolute atomic E-state index is 0.0329. The van der Waals surface area contributed by atoms with Crippen molar-refractivity contribution in [2.75, 3.05) is 13.1 Å². The van der Waals surface area contributed by atoms with Gasteiger partial charge in [0.1, 0.15) is 0 Å². The van der Waals surface area contributed by atoms with Crippen LogP contribution in [0.25, 0.3) is 0 Å². The Bertz CT molecular complexity index is 757. The third-order valence-electron chi connectivity index (χ3n) is 3.69. The quantitative estimate of drug-likeness (QED) is 0.707. The molecule has 25 heavy (non-hydrogen) atoms. The van der Waals surface area contributed by atoms with E-state index in [1.165, 1.54) is 11.3 Å². The van der Waals surface area contributed by atoms with E-state index < -0.39 is 0 Å². The van der Waals surface area contributed by atoms with E-state index in [2.05, 4.69) is 11.9 Å². The Hall–Kier alpha value is -2.11. The number of carbonyl (C=O) groups is 2. The number of nitrogens with one attached hydrogen (secondary N) is 1. The number of carbonyl (C=O) groups excluding carboxylic acids is 2. The molecule has 0 saturated carbocycles. The summed E-state index contributed by atoms with van der Waals surface area (Å²) in [5.41, 5.74) is 1.54.